The molecule has 3 aliphatic rings. The number of carbonyl (C=O) groups is 2. The minimum atomic E-state index is -0.495. The van der Waals surface area contributed by atoms with Crippen LogP contribution >= 0.6 is 0 Å². The lowest BCUT2D eigenvalue weighted by atomic mass is 9.87. The first-order valence-electron chi connectivity index (χ1n) is 9.66. The van der Waals surface area contributed by atoms with Crippen LogP contribution in [-0.4, -0.2) is 22.8 Å². The Balaban J connectivity index is 1.66. The number of rotatable bonds is 2. The molecule has 138 valence electrons. The Hall–Kier alpha value is -2.17. The zero-order chi connectivity index (χ0) is 18.3. The van der Waals surface area contributed by atoms with Crippen molar-refractivity contribution in [3.63, 3.8) is 0 Å². The Morgan fingerprint density at radius 2 is 1.81 bits per heavy atom. The summed E-state index contributed by atoms with van der Waals surface area (Å²) < 4.78 is 14.3. The minimum Gasteiger partial charge on any atom is -0.329 e. The summed E-state index contributed by atoms with van der Waals surface area (Å²) in [4.78, 5) is 26.9. The molecular weight excluding hydrogens is 331 g/mol. The Bertz CT molecular complexity index is 766. The van der Waals surface area contributed by atoms with E-state index in [-0.39, 0.29) is 17.6 Å². The number of fused-ring (bicyclic) bond motifs is 1. The van der Waals surface area contributed by atoms with E-state index in [0.717, 1.165) is 36.8 Å². The first kappa shape index (κ1) is 17.3. The fourth-order valence-corrected chi connectivity index (χ4v) is 4.69. The molecule has 0 radical (unpaired) electrons. The molecule has 0 spiro atoms. The van der Waals surface area contributed by atoms with Crippen LogP contribution in [0.4, 0.5) is 4.39 Å². The molecule has 1 aromatic carbocycles. The number of nitrogens with one attached hydrogen (secondary N) is 1. The normalized spacial score (nSPS) is 24.4. The fraction of sp³-hybridized carbons (Fsp3) is 0.524. The zero-order valence-corrected chi connectivity index (χ0v) is 15.0. The van der Waals surface area contributed by atoms with E-state index in [0.29, 0.717) is 36.6 Å². The van der Waals surface area contributed by atoms with Gasteiger partial charge in [-0.2, -0.15) is 0 Å². The van der Waals surface area contributed by atoms with Gasteiger partial charge in [-0.15, -0.1) is 0 Å². The van der Waals surface area contributed by atoms with Crippen molar-refractivity contribution in [1.29, 1.82) is 0 Å². The predicted molar refractivity (Wildman–Crippen MR) is 97.0 cm³/mol. The molecular formula is C21H25FN2O2. The van der Waals surface area contributed by atoms with Crippen LogP contribution in [0, 0.1) is 5.82 Å². The average Bonchev–Trinajstić information content (AvgIpc) is 2.79. The lowest BCUT2D eigenvalue weighted by Gasteiger charge is -2.31. The number of nitrogens with zero attached hydrogens (tertiary/aromatic N) is 1. The summed E-state index contributed by atoms with van der Waals surface area (Å²) in [5.41, 5.74) is 3.06. The van der Waals surface area contributed by atoms with Gasteiger partial charge in [0.15, 0.2) is 0 Å². The number of hydrogen-bond acceptors (Lipinski definition) is 2. The number of amides is 2. The van der Waals surface area contributed by atoms with Gasteiger partial charge < -0.3 is 10.2 Å². The Labute approximate surface area is 153 Å². The number of hydrogen-bond donors (Lipinski definition) is 1. The second kappa shape index (κ2) is 6.86. The summed E-state index contributed by atoms with van der Waals surface area (Å²) in [7, 11) is 0. The van der Waals surface area contributed by atoms with Gasteiger partial charge in [0.2, 0.25) is 5.91 Å². The van der Waals surface area contributed by atoms with E-state index in [1.54, 1.807) is 11.0 Å². The highest BCUT2D eigenvalue weighted by Crippen LogP contribution is 2.39. The summed E-state index contributed by atoms with van der Waals surface area (Å²) in [6.07, 6.45) is 8.10. The van der Waals surface area contributed by atoms with E-state index in [2.05, 4.69) is 11.9 Å². The molecule has 2 amide bonds. The molecule has 2 aliphatic heterocycles. The third kappa shape index (κ3) is 3.04. The van der Waals surface area contributed by atoms with Gasteiger partial charge in [-0.25, -0.2) is 4.39 Å². The second-order valence-electron chi connectivity index (χ2n) is 7.79. The first-order valence-corrected chi connectivity index (χ1v) is 9.66. The monoisotopic (exact) mass is 356 g/mol. The van der Waals surface area contributed by atoms with Crippen LogP contribution in [0.3, 0.4) is 0 Å². The SMILES string of the molecule is C=C1CCC(N2Cc3c(cc(F)cc3C3CCCCCC3)C2=O)C(=O)N1. The van der Waals surface area contributed by atoms with Crippen molar-refractivity contribution in [1.82, 2.24) is 10.2 Å². The molecule has 4 nitrogen and oxygen atoms in total. The summed E-state index contributed by atoms with van der Waals surface area (Å²) in [6, 6.07) is 2.47. The zero-order valence-electron chi connectivity index (χ0n) is 15.0. The van der Waals surface area contributed by atoms with Crippen molar-refractivity contribution < 1.29 is 14.0 Å². The summed E-state index contributed by atoms with van der Waals surface area (Å²) in [5.74, 6) is -0.435. The van der Waals surface area contributed by atoms with Gasteiger partial charge in [0.05, 0.1) is 0 Å². The highest BCUT2D eigenvalue weighted by atomic mass is 19.1. The number of benzene rings is 1. The molecule has 1 atom stereocenters. The summed E-state index contributed by atoms with van der Waals surface area (Å²) >= 11 is 0. The lowest BCUT2D eigenvalue weighted by Crippen LogP contribution is -2.49. The molecule has 4 rings (SSSR count). The van der Waals surface area contributed by atoms with Crippen LogP contribution in [0.2, 0.25) is 0 Å². The van der Waals surface area contributed by atoms with Gasteiger partial charge in [-0.05, 0) is 54.9 Å². The van der Waals surface area contributed by atoms with Crippen LogP contribution in [0.5, 0.6) is 0 Å². The van der Waals surface area contributed by atoms with Crippen molar-refractivity contribution in [2.75, 3.05) is 0 Å². The van der Waals surface area contributed by atoms with Gasteiger partial charge in [0, 0.05) is 17.8 Å². The van der Waals surface area contributed by atoms with Crippen LogP contribution in [0.1, 0.15) is 78.8 Å². The van der Waals surface area contributed by atoms with E-state index in [4.69, 9.17) is 0 Å². The third-order valence-corrected chi connectivity index (χ3v) is 6.06. The van der Waals surface area contributed by atoms with E-state index in [1.165, 1.54) is 18.9 Å². The van der Waals surface area contributed by atoms with Crippen molar-refractivity contribution in [3.05, 3.63) is 46.9 Å². The van der Waals surface area contributed by atoms with Gasteiger partial charge in [0.1, 0.15) is 11.9 Å². The van der Waals surface area contributed by atoms with Gasteiger partial charge in [-0.1, -0.05) is 32.3 Å². The van der Waals surface area contributed by atoms with Crippen molar-refractivity contribution in [2.24, 2.45) is 0 Å². The molecule has 2 fully saturated rings. The Morgan fingerprint density at radius 3 is 2.50 bits per heavy atom. The largest absolute Gasteiger partial charge is 0.329 e. The minimum absolute atomic E-state index is 0.182. The molecule has 2 heterocycles. The molecule has 0 bridgehead atoms. The molecule has 1 aliphatic carbocycles. The number of carbonyl (C=O) groups excluding carboxylic acids is 2. The molecule has 1 unspecified atom stereocenters. The summed E-state index contributed by atoms with van der Waals surface area (Å²) in [6.45, 7) is 4.20. The molecule has 1 N–H and O–H groups in total. The van der Waals surface area contributed by atoms with Gasteiger partial charge in [0.25, 0.3) is 5.91 Å². The predicted octanol–water partition coefficient (Wildman–Crippen LogP) is 4.01. The highest BCUT2D eigenvalue weighted by Gasteiger charge is 2.40. The molecule has 1 aromatic rings. The van der Waals surface area contributed by atoms with E-state index in [1.807, 2.05) is 0 Å². The molecule has 1 saturated heterocycles. The second-order valence-corrected chi connectivity index (χ2v) is 7.79. The Morgan fingerprint density at radius 1 is 1.08 bits per heavy atom. The molecule has 5 heteroatoms. The number of piperidine rings is 1. The van der Waals surface area contributed by atoms with Crippen molar-refractivity contribution in [3.8, 4) is 0 Å². The van der Waals surface area contributed by atoms with E-state index < -0.39 is 6.04 Å². The maximum Gasteiger partial charge on any atom is 0.255 e. The smallest absolute Gasteiger partial charge is 0.255 e. The van der Waals surface area contributed by atoms with Gasteiger partial charge in [-0.3, -0.25) is 9.59 Å². The molecule has 26 heavy (non-hydrogen) atoms. The first-order chi connectivity index (χ1) is 12.5. The van der Waals surface area contributed by atoms with Crippen LogP contribution < -0.4 is 5.32 Å². The van der Waals surface area contributed by atoms with E-state index in [9.17, 15) is 14.0 Å². The Kier molecular flexibility index (Phi) is 4.55. The van der Waals surface area contributed by atoms with Crippen molar-refractivity contribution >= 4 is 11.8 Å². The van der Waals surface area contributed by atoms with E-state index >= 15 is 0 Å². The lowest BCUT2D eigenvalue weighted by molar-refractivity contribution is -0.126. The number of halogens is 1. The average molecular weight is 356 g/mol. The number of allylic oxidation sites excluding steroid dienone is 1. The third-order valence-electron chi connectivity index (χ3n) is 6.06. The maximum atomic E-state index is 14.3. The molecule has 1 saturated carbocycles. The van der Waals surface area contributed by atoms with Crippen LogP contribution in [0.15, 0.2) is 24.4 Å². The van der Waals surface area contributed by atoms with Crippen molar-refractivity contribution in [2.45, 2.75) is 69.9 Å². The van der Waals surface area contributed by atoms with Crippen LogP contribution in [-0.2, 0) is 11.3 Å². The standard InChI is InChI=1S/C21H25FN2O2/c1-13-8-9-19(20(25)23-13)24-12-18-16(14-6-4-2-3-5-7-14)10-15(22)11-17(18)21(24)26/h10-11,14,19H,1-9,12H2,(H,23,25). The fourth-order valence-electron chi connectivity index (χ4n) is 4.69. The topological polar surface area (TPSA) is 49.4 Å². The van der Waals surface area contributed by atoms with Crippen LogP contribution in [0.25, 0.3) is 0 Å². The maximum absolute atomic E-state index is 14.3. The van der Waals surface area contributed by atoms with Gasteiger partial charge >= 0.3 is 0 Å². The molecule has 0 aromatic heterocycles. The highest BCUT2D eigenvalue weighted by molar-refractivity contribution is 6.01. The quantitative estimate of drug-likeness (QED) is 0.814. The summed E-state index contributed by atoms with van der Waals surface area (Å²) in [5, 5.41) is 2.75.